The minimum Gasteiger partial charge on any atom is -0.354 e. The van der Waals surface area contributed by atoms with Gasteiger partial charge in [-0.1, -0.05) is 48.5 Å². The summed E-state index contributed by atoms with van der Waals surface area (Å²) in [6.45, 7) is 6.53. The Hall–Kier alpha value is -3.45. The molecule has 1 fully saturated rings. The van der Waals surface area contributed by atoms with E-state index < -0.39 is 5.38 Å². The SMILES string of the molecule is Cc1nn(-c2ccccc2)c2nc(Cc3ccccc3)nc(N3CCCN(C(=O)[C@@H](C)Cl)CC3)c12. The van der Waals surface area contributed by atoms with Gasteiger partial charge in [-0.2, -0.15) is 5.10 Å². The van der Waals surface area contributed by atoms with E-state index >= 15 is 0 Å². The molecule has 2 aromatic heterocycles. The maximum absolute atomic E-state index is 12.5. The van der Waals surface area contributed by atoms with Crippen molar-refractivity contribution in [3.8, 4) is 5.69 Å². The number of amides is 1. The zero-order chi connectivity index (χ0) is 24.4. The fourth-order valence-corrected chi connectivity index (χ4v) is 4.78. The topological polar surface area (TPSA) is 67.2 Å². The van der Waals surface area contributed by atoms with Crippen LogP contribution in [0.2, 0.25) is 0 Å². The fraction of sp³-hybridized carbons (Fsp3) is 0.333. The quantitative estimate of drug-likeness (QED) is 0.390. The Bertz CT molecular complexity index is 1320. The minimum atomic E-state index is -0.517. The van der Waals surface area contributed by atoms with Gasteiger partial charge >= 0.3 is 0 Å². The number of carbonyl (C=O) groups is 1. The average Bonchev–Trinajstić information content (AvgIpc) is 3.04. The molecule has 35 heavy (non-hydrogen) atoms. The minimum absolute atomic E-state index is 0.0146. The molecule has 0 radical (unpaired) electrons. The van der Waals surface area contributed by atoms with Gasteiger partial charge in [0, 0.05) is 32.6 Å². The molecule has 1 aliphatic heterocycles. The van der Waals surface area contributed by atoms with Crippen molar-refractivity contribution < 1.29 is 4.79 Å². The molecule has 1 aliphatic rings. The van der Waals surface area contributed by atoms with E-state index in [9.17, 15) is 4.79 Å². The Morgan fingerprint density at radius 2 is 1.69 bits per heavy atom. The lowest BCUT2D eigenvalue weighted by molar-refractivity contribution is -0.130. The number of nitrogens with zero attached hydrogens (tertiary/aromatic N) is 6. The highest BCUT2D eigenvalue weighted by Crippen LogP contribution is 2.30. The van der Waals surface area contributed by atoms with Gasteiger partial charge in [-0.05, 0) is 38.0 Å². The molecule has 0 saturated carbocycles. The smallest absolute Gasteiger partial charge is 0.240 e. The number of fused-ring (bicyclic) bond motifs is 1. The van der Waals surface area contributed by atoms with Crippen LogP contribution in [0.25, 0.3) is 16.7 Å². The molecule has 5 rings (SSSR count). The molecule has 0 N–H and O–H groups in total. The number of hydrogen-bond acceptors (Lipinski definition) is 5. The predicted octanol–water partition coefficient (Wildman–Crippen LogP) is 4.38. The number of aryl methyl sites for hydroxylation is 1. The molecule has 8 heteroatoms. The van der Waals surface area contributed by atoms with Crippen molar-refractivity contribution in [1.29, 1.82) is 0 Å². The number of aromatic nitrogens is 4. The number of anilines is 1. The molecule has 4 aromatic rings. The molecule has 0 bridgehead atoms. The second-order valence-corrected chi connectivity index (χ2v) is 9.59. The van der Waals surface area contributed by atoms with Crippen molar-refractivity contribution in [2.75, 3.05) is 31.1 Å². The van der Waals surface area contributed by atoms with Crippen LogP contribution >= 0.6 is 11.6 Å². The van der Waals surface area contributed by atoms with Gasteiger partial charge in [0.25, 0.3) is 0 Å². The second kappa shape index (κ2) is 10.0. The van der Waals surface area contributed by atoms with Crippen LogP contribution in [0.1, 0.15) is 30.4 Å². The van der Waals surface area contributed by atoms with Crippen LogP contribution in [0, 0.1) is 6.92 Å². The number of rotatable bonds is 5. The molecular weight excluding hydrogens is 460 g/mol. The Balaban J connectivity index is 1.59. The number of benzene rings is 2. The molecule has 2 aromatic carbocycles. The third-order valence-electron chi connectivity index (χ3n) is 6.38. The highest BCUT2D eigenvalue weighted by atomic mass is 35.5. The van der Waals surface area contributed by atoms with Gasteiger partial charge in [-0.15, -0.1) is 11.6 Å². The Kier molecular flexibility index (Phi) is 6.68. The van der Waals surface area contributed by atoms with Gasteiger partial charge in [-0.3, -0.25) is 4.79 Å². The zero-order valence-electron chi connectivity index (χ0n) is 20.1. The van der Waals surface area contributed by atoms with Crippen LogP contribution < -0.4 is 4.90 Å². The van der Waals surface area contributed by atoms with E-state index in [1.54, 1.807) is 6.92 Å². The molecular formula is C27H29ClN6O. The maximum atomic E-state index is 12.5. The highest BCUT2D eigenvalue weighted by molar-refractivity contribution is 6.30. The summed E-state index contributed by atoms with van der Waals surface area (Å²) in [5.41, 5.74) is 3.81. The van der Waals surface area contributed by atoms with Crippen molar-refractivity contribution in [2.24, 2.45) is 0 Å². The summed E-state index contributed by atoms with van der Waals surface area (Å²) >= 11 is 6.09. The van der Waals surface area contributed by atoms with E-state index in [4.69, 9.17) is 26.7 Å². The van der Waals surface area contributed by atoms with Crippen LogP contribution in [0.15, 0.2) is 60.7 Å². The standard InChI is InChI=1S/C27H29ClN6O/c1-19(28)27(35)33-15-9-14-32(16-17-33)25-24-20(2)31-34(22-12-7-4-8-13-22)26(24)30-23(29-25)18-21-10-5-3-6-11-21/h3-8,10-13,19H,9,14-18H2,1-2H3/t19-/m1/s1. The van der Waals surface area contributed by atoms with Crippen molar-refractivity contribution in [1.82, 2.24) is 24.6 Å². The summed E-state index contributed by atoms with van der Waals surface area (Å²) in [5.74, 6) is 1.62. The van der Waals surface area contributed by atoms with E-state index in [2.05, 4.69) is 17.0 Å². The van der Waals surface area contributed by atoms with Crippen molar-refractivity contribution in [3.63, 3.8) is 0 Å². The third kappa shape index (κ3) is 4.86. The lowest BCUT2D eigenvalue weighted by Gasteiger charge is -2.24. The van der Waals surface area contributed by atoms with Crippen molar-refractivity contribution in [2.45, 2.75) is 32.1 Å². The van der Waals surface area contributed by atoms with E-state index in [1.165, 1.54) is 0 Å². The molecule has 0 aliphatic carbocycles. The van der Waals surface area contributed by atoms with Gasteiger partial charge in [0.15, 0.2) is 5.65 Å². The lowest BCUT2D eigenvalue weighted by Crippen LogP contribution is -2.38. The van der Waals surface area contributed by atoms with Crippen LogP contribution in [0.3, 0.4) is 0 Å². The van der Waals surface area contributed by atoms with Crippen molar-refractivity contribution >= 4 is 34.4 Å². The van der Waals surface area contributed by atoms with E-state index in [0.29, 0.717) is 26.1 Å². The number of alkyl halides is 1. The summed E-state index contributed by atoms with van der Waals surface area (Å²) < 4.78 is 1.91. The van der Waals surface area contributed by atoms with Gasteiger partial charge in [-0.25, -0.2) is 14.6 Å². The Morgan fingerprint density at radius 3 is 2.40 bits per heavy atom. The van der Waals surface area contributed by atoms with E-state index in [-0.39, 0.29) is 5.91 Å². The van der Waals surface area contributed by atoms with Gasteiger partial charge in [0.1, 0.15) is 17.0 Å². The second-order valence-electron chi connectivity index (χ2n) is 8.94. The third-order valence-corrected chi connectivity index (χ3v) is 6.57. The Morgan fingerprint density at radius 1 is 0.971 bits per heavy atom. The molecule has 1 saturated heterocycles. The predicted molar refractivity (Wildman–Crippen MR) is 139 cm³/mol. The highest BCUT2D eigenvalue weighted by Gasteiger charge is 2.26. The zero-order valence-corrected chi connectivity index (χ0v) is 20.8. The summed E-state index contributed by atoms with van der Waals surface area (Å²) in [6.07, 6.45) is 1.48. The molecule has 180 valence electrons. The first kappa shape index (κ1) is 23.3. The first-order valence-corrected chi connectivity index (χ1v) is 12.5. The van der Waals surface area contributed by atoms with E-state index in [1.807, 2.05) is 65.0 Å². The first-order chi connectivity index (χ1) is 17.0. The van der Waals surface area contributed by atoms with Crippen LogP contribution in [0.4, 0.5) is 5.82 Å². The maximum Gasteiger partial charge on any atom is 0.240 e. The van der Waals surface area contributed by atoms with Crippen LogP contribution in [-0.2, 0) is 11.2 Å². The number of para-hydroxylation sites is 1. The molecule has 7 nitrogen and oxygen atoms in total. The first-order valence-electron chi connectivity index (χ1n) is 12.0. The van der Waals surface area contributed by atoms with Gasteiger partial charge < -0.3 is 9.80 Å². The van der Waals surface area contributed by atoms with Crippen molar-refractivity contribution in [3.05, 3.63) is 77.7 Å². The molecule has 0 unspecified atom stereocenters. The number of carbonyl (C=O) groups excluding carboxylic acids is 1. The Labute approximate surface area is 210 Å². The normalized spacial score (nSPS) is 15.3. The van der Waals surface area contributed by atoms with Crippen LogP contribution in [0.5, 0.6) is 0 Å². The average molecular weight is 489 g/mol. The summed E-state index contributed by atoms with van der Waals surface area (Å²) in [5, 5.41) is 5.30. The largest absolute Gasteiger partial charge is 0.354 e. The molecule has 1 amide bonds. The molecule has 3 heterocycles. The molecule has 0 spiro atoms. The summed E-state index contributed by atoms with van der Waals surface area (Å²) in [6, 6.07) is 20.3. The number of halogens is 1. The van der Waals surface area contributed by atoms with Gasteiger partial charge in [0.05, 0.1) is 16.8 Å². The summed E-state index contributed by atoms with van der Waals surface area (Å²) in [7, 11) is 0. The van der Waals surface area contributed by atoms with E-state index in [0.717, 1.165) is 52.6 Å². The lowest BCUT2D eigenvalue weighted by atomic mass is 10.1. The number of hydrogen-bond donors (Lipinski definition) is 0. The molecule has 1 atom stereocenters. The monoisotopic (exact) mass is 488 g/mol. The fourth-order valence-electron chi connectivity index (χ4n) is 4.64. The van der Waals surface area contributed by atoms with Gasteiger partial charge in [0.2, 0.25) is 5.91 Å². The van der Waals surface area contributed by atoms with Crippen LogP contribution in [-0.4, -0.2) is 62.1 Å². The summed E-state index contributed by atoms with van der Waals surface area (Å²) in [4.78, 5) is 26.7.